The molecule has 0 bridgehead atoms. The van der Waals surface area contributed by atoms with Crippen LogP contribution in [0.25, 0.3) is 0 Å². The third-order valence-corrected chi connectivity index (χ3v) is 4.47. The van der Waals surface area contributed by atoms with E-state index >= 15 is 0 Å². The number of hydrogen-bond donors (Lipinski definition) is 1. The van der Waals surface area contributed by atoms with Crippen LogP contribution in [0.1, 0.15) is 34.5 Å². The molecule has 4 nitrogen and oxygen atoms in total. The van der Waals surface area contributed by atoms with E-state index in [-0.39, 0.29) is 17.7 Å². The van der Waals surface area contributed by atoms with Gasteiger partial charge in [-0.15, -0.1) is 0 Å². The van der Waals surface area contributed by atoms with Gasteiger partial charge in [0.2, 0.25) is 0 Å². The maximum Gasteiger partial charge on any atom is 0.251 e. The van der Waals surface area contributed by atoms with Gasteiger partial charge in [0, 0.05) is 16.8 Å². The Morgan fingerprint density at radius 1 is 1.09 bits per heavy atom. The molecule has 122 valence electrons. The van der Waals surface area contributed by atoms with Gasteiger partial charge in [-0.05, 0) is 42.3 Å². The molecule has 0 radical (unpaired) electrons. The van der Waals surface area contributed by atoms with Crippen LogP contribution in [0.15, 0.2) is 48.5 Å². The minimum absolute atomic E-state index is 0.0317. The zero-order valence-electron chi connectivity index (χ0n) is 12.9. The van der Waals surface area contributed by atoms with Gasteiger partial charge in [0.15, 0.2) is 9.84 Å². The molecule has 0 aliphatic rings. The first-order valence-electron chi connectivity index (χ1n) is 7.07. The van der Waals surface area contributed by atoms with Crippen molar-refractivity contribution < 1.29 is 13.2 Å². The van der Waals surface area contributed by atoms with E-state index in [1.807, 2.05) is 19.1 Å². The fourth-order valence-electron chi connectivity index (χ4n) is 2.17. The van der Waals surface area contributed by atoms with Gasteiger partial charge in [0.05, 0.1) is 11.8 Å². The van der Waals surface area contributed by atoms with Crippen LogP contribution in [0, 0.1) is 0 Å². The molecular weight excluding hydrogens is 334 g/mol. The van der Waals surface area contributed by atoms with E-state index in [4.69, 9.17) is 11.6 Å². The van der Waals surface area contributed by atoms with Crippen molar-refractivity contribution in [3.8, 4) is 0 Å². The number of rotatable bonds is 5. The van der Waals surface area contributed by atoms with Gasteiger partial charge in [-0.25, -0.2) is 8.42 Å². The van der Waals surface area contributed by atoms with Crippen molar-refractivity contribution in [2.24, 2.45) is 0 Å². The van der Waals surface area contributed by atoms with Crippen molar-refractivity contribution in [1.29, 1.82) is 0 Å². The molecule has 1 N–H and O–H groups in total. The van der Waals surface area contributed by atoms with Gasteiger partial charge in [-0.1, -0.05) is 35.9 Å². The van der Waals surface area contributed by atoms with Gasteiger partial charge >= 0.3 is 0 Å². The maximum absolute atomic E-state index is 12.2. The molecule has 1 unspecified atom stereocenters. The molecule has 2 aromatic rings. The molecule has 0 saturated carbocycles. The lowest BCUT2D eigenvalue weighted by Crippen LogP contribution is -2.26. The standard InChI is InChI=1S/C17H18ClNO3S/c1-12(14-7-9-16(18)10-8-14)19-17(20)15-5-3-13(4-6-15)11-23(2,21)22/h3-10,12H,11H2,1-2H3,(H,19,20). The molecular formula is C17H18ClNO3S. The van der Waals surface area contributed by atoms with Crippen molar-refractivity contribution >= 4 is 27.3 Å². The van der Waals surface area contributed by atoms with Gasteiger partial charge in [-0.2, -0.15) is 0 Å². The molecule has 0 aliphatic heterocycles. The number of benzene rings is 2. The zero-order chi connectivity index (χ0) is 17.0. The lowest BCUT2D eigenvalue weighted by molar-refractivity contribution is 0.0940. The van der Waals surface area contributed by atoms with E-state index in [0.29, 0.717) is 16.1 Å². The molecule has 0 spiro atoms. The quantitative estimate of drug-likeness (QED) is 0.898. The summed E-state index contributed by atoms with van der Waals surface area (Å²) in [5, 5.41) is 3.55. The van der Waals surface area contributed by atoms with Gasteiger partial charge in [0.1, 0.15) is 0 Å². The monoisotopic (exact) mass is 351 g/mol. The number of hydrogen-bond acceptors (Lipinski definition) is 3. The third kappa shape index (κ3) is 5.37. The number of nitrogens with one attached hydrogen (secondary N) is 1. The van der Waals surface area contributed by atoms with Crippen LogP contribution in [0.4, 0.5) is 0 Å². The first kappa shape index (κ1) is 17.5. The van der Waals surface area contributed by atoms with Crippen molar-refractivity contribution in [1.82, 2.24) is 5.32 Å². The van der Waals surface area contributed by atoms with E-state index < -0.39 is 9.84 Å². The Balaban J connectivity index is 2.04. The van der Waals surface area contributed by atoms with Crippen molar-refractivity contribution in [2.45, 2.75) is 18.7 Å². The second-order valence-electron chi connectivity index (χ2n) is 5.51. The average molecular weight is 352 g/mol. The van der Waals surface area contributed by atoms with Crippen LogP contribution >= 0.6 is 11.6 Å². The van der Waals surface area contributed by atoms with Gasteiger partial charge < -0.3 is 5.32 Å². The van der Waals surface area contributed by atoms with Crippen molar-refractivity contribution in [3.63, 3.8) is 0 Å². The number of sulfone groups is 1. The number of halogens is 1. The summed E-state index contributed by atoms with van der Waals surface area (Å²) in [6.45, 7) is 1.89. The van der Waals surface area contributed by atoms with Crippen LogP contribution in [0.2, 0.25) is 5.02 Å². The number of carbonyl (C=O) groups excluding carboxylic acids is 1. The summed E-state index contributed by atoms with van der Waals surface area (Å²) in [7, 11) is -3.08. The zero-order valence-corrected chi connectivity index (χ0v) is 14.5. The highest BCUT2D eigenvalue weighted by atomic mass is 35.5. The minimum Gasteiger partial charge on any atom is -0.346 e. The maximum atomic E-state index is 12.2. The van der Waals surface area contributed by atoms with Crippen LogP contribution in [0.5, 0.6) is 0 Å². The molecule has 2 rings (SSSR count). The fourth-order valence-corrected chi connectivity index (χ4v) is 3.09. The molecule has 1 amide bonds. The highest BCUT2D eigenvalue weighted by Crippen LogP contribution is 2.17. The molecule has 6 heteroatoms. The highest BCUT2D eigenvalue weighted by Gasteiger charge is 2.12. The Hall–Kier alpha value is -1.85. The molecule has 0 heterocycles. The molecule has 2 aromatic carbocycles. The first-order valence-corrected chi connectivity index (χ1v) is 9.51. The second kappa shape index (κ2) is 7.15. The Kier molecular flexibility index (Phi) is 5.44. The van der Waals surface area contributed by atoms with E-state index in [2.05, 4.69) is 5.32 Å². The SMILES string of the molecule is CC(NC(=O)c1ccc(CS(C)(=O)=O)cc1)c1ccc(Cl)cc1. The summed E-state index contributed by atoms with van der Waals surface area (Å²) >= 11 is 5.85. The summed E-state index contributed by atoms with van der Waals surface area (Å²) < 4.78 is 22.5. The van der Waals surface area contributed by atoms with Gasteiger partial charge in [0.25, 0.3) is 5.91 Å². The van der Waals surface area contributed by atoms with Crippen LogP contribution < -0.4 is 5.32 Å². The summed E-state index contributed by atoms with van der Waals surface area (Å²) in [6.07, 6.45) is 1.18. The lowest BCUT2D eigenvalue weighted by atomic mass is 10.1. The van der Waals surface area contributed by atoms with E-state index in [1.54, 1.807) is 36.4 Å². The topological polar surface area (TPSA) is 63.2 Å². The lowest BCUT2D eigenvalue weighted by Gasteiger charge is -2.14. The van der Waals surface area contributed by atoms with E-state index in [1.165, 1.54) is 6.26 Å². The highest BCUT2D eigenvalue weighted by molar-refractivity contribution is 7.89. The molecule has 1 atom stereocenters. The molecule has 0 aromatic heterocycles. The van der Waals surface area contributed by atoms with E-state index in [0.717, 1.165) is 5.56 Å². The largest absolute Gasteiger partial charge is 0.346 e. The summed E-state index contributed by atoms with van der Waals surface area (Å²) in [4.78, 5) is 12.2. The Morgan fingerprint density at radius 2 is 1.65 bits per heavy atom. The van der Waals surface area contributed by atoms with Crippen LogP contribution in [-0.2, 0) is 15.6 Å². The Morgan fingerprint density at radius 3 is 2.17 bits per heavy atom. The van der Waals surface area contributed by atoms with E-state index in [9.17, 15) is 13.2 Å². The minimum atomic E-state index is -3.08. The molecule has 0 aliphatic carbocycles. The van der Waals surface area contributed by atoms with Crippen molar-refractivity contribution in [3.05, 3.63) is 70.2 Å². The van der Waals surface area contributed by atoms with Crippen molar-refractivity contribution in [2.75, 3.05) is 6.26 Å². The summed E-state index contributed by atoms with van der Waals surface area (Å²) in [5.74, 6) is -0.242. The third-order valence-electron chi connectivity index (χ3n) is 3.36. The molecule has 0 saturated heterocycles. The predicted octanol–water partition coefficient (Wildman–Crippen LogP) is 3.38. The van der Waals surface area contributed by atoms with Crippen LogP contribution in [-0.4, -0.2) is 20.6 Å². The first-order chi connectivity index (χ1) is 10.7. The predicted molar refractivity (Wildman–Crippen MR) is 92.3 cm³/mol. The molecule has 23 heavy (non-hydrogen) atoms. The fraction of sp³-hybridized carbons (Fsp3) is 0.235. The Bertz CT molecular complexity index is 784. The van der Waals surface area contributed by atoms with Gasteiger partial charge in [-0.3, -0.25) is 4.79 Å². The summed E-state index contributed by atoms with van der Waals surface area (Å²) in [5.41, 5.74) is 2.11. The molecule has 0 fully saturated rings. The second-order valence-corrected chi connectivity index (χ2v) is 8.09. The summed E-state index contributed by atoms with van der Waals surface area (Å²) in [6, 6.07) is 13.7. The number of amides is 1. The normalized spacial score (nSPS) is 12.7. The smallest absolute Gasteiger partial charge is 0.251 e. The van der Waals surface area contributed by atoms with Crippen LogP contribution in [0.3, 0.4) is 0 Å². The average Bonchev–Trinajstić information content (AvgIpc) is 2.46. The Labute approximate surface area is 141 Å². The number of carbonyl (C=O) groups is 1.